The smallest absolute Gasteiger partial charge is 0.257 e. The van der Waals surface area contributed by atoms with Gasteiger partial charge in [0.25, 0.3) is 5.91 Å². The lowest BCUT2D eigenvalue weighted by molar-refractivity contribution is 0.102. The number of nitrogens with one attached hydrogen (secondary N) is 2. The van der Waals surface area contributed by atoms with Crippen LogP contribution in [0.1, 0.15) is 40.0 Å². The molecule has 0 spiro atoms. The number of nitrogens with zero attached hydrogens (tertiary/aromatic N) is 5. The number of aromatic nitrogens is 2. The molecule has 0 saturated carbocycles. The number of carbonyl (C=O) groups excluding carboxylic acids is 1. The number of likely N-dealkylation sites (tertiary alicyclic amines) is 1. The van der Waals surface area contributed by atoms with Crippen LogP contribution in [0.15, 0.2) is 41.3 Å². The van der Waals surface area contributed by atoms with Crippen molar-refractivity contribution in [2.75, 3.05) is 63.1 Å². The van der Waals surface area contributed by atoms with E-state index in [0.29, 0.717) is 35.9 Å². The van der Waals surface area contributed by atoms with Gasteiger partial charge in [-0.3, -0.25) is 14.8 Å². The van der Waals surface area contributed by atoms with Gasteiger partial charge in [-0.2, -0.15) is 9.40 Å². The Balaban J connectivity index is 1.24. The average molecular weight is 600 g/mol. The molecule has 0 atom stereocenters. The Morgan fingerprint density at radius 3 is 2.40 bits per heavy atom. The van der Waals surface area contributed by atoms with E-state index in [4.69, 9.17) is 0 Å². The van der Waals surface area contributed by atoms with E-state index in [2.05, 4.69) is 43.3 Å². The second-order valence-corrected chi connectivity index (χ2v) is 13.2. The number of anilines is 2. The summed E-state index contributed by atoms with van der Waals surface area (Å²) >= 11 is 0. The monoisotopic (exact) mass is 599 g/mol. The summed E-state index contributed by atoms with van der Waals surface area (Å²) in [5.74, 6) is -2.01. The fraction of sp³-hybridized carbons (Fsp3) is 0.448. The molecule has 224 valence electrons. The molecule has 2 N–H and O–H groups in total. The number of aromatic amines is 1. The number of halogens is 2. The van der Waals surface area contributed by atoms with Crippen LogP contribution in [0.3, 0.4) is 0 Å². The molecular formula is C29H35F2N7O3S. The highest BCUT2D eigenvalue weighted by Gasteiger charge is 2.32. The maximum atomic E-state index is 13.8. The van der Waals surface area contributed by atoms with Crippen molar-refractivity contribution in [3.05, 3.63) is 70.4 Å². The second-order valence-electron chi connectivity index (χ2n) is 11.3. The average Bonchev–Trinajstić information content (AvgIpc) is 3.62. The van der Waals surface area contributed by atoms with Crippen LogP contribution in [0, 0.1) is 11.6 Å². The first-order valence-corrected chi connectivity index (χ1v) is 15.7. The standard InChI is InChI=1S/C29H35F2N7O3S/c1-35-10-12-37(13-11-35)23-4-5-25(20(14-23)18-36-7-2-3-8-36)29(39)32-28-26-19-38(9-6-27(26)33-34-28)42(40,41)24-16-21(30)15-22(31)17-24/h4-5,14-17H,2-3,6-13,18-19H2,1H3,(H2,32,33,34,39). The zero-order chi connectivity index (χ0) is 29.4. The summed E-state index contributed by atoms with van der Waals surface area (Å²) in [5.41, 5.74) is 3.83. The Morgan fingerprint density at radius 1 is 0.976 bits per heavy atom. The van der Waals surface area contributed by atoms with Crippen LogP contribution in [0.5, 0.6) is 0 Å². The highest BCUT2D eigenvalue weighted by molar-refractivity contribution is 7.89. The largest absolute Gasteiger partial charge is 0.369 e. The Bertz CT molecular complexity index is 1560. The number of likely N-dealkylation sites (N-methyl/N-ethyl adjacent to an activating group) is 1. The number of carbonyl (C=O) groups is 1. The third-order valence-electron chi connectivity index (χ3n) is 8.40. The molecule has 0 bridgehead atoms. The third-order valence-corrected chi connectivity index (χ3v) is 10.2. The van der Waals surface area contributed by atoms with Gasteiger partial charge in [-0.15, -0.1) is 0 Å². The zero-order valence-electron chi connectivity index (χ0n) is 23.6. The van der Waals surface area contributed by atoms with Crippen molar-refractivity contribution in [2.45, 2.75) is 37.2 Å². The molecule has 10 nitrogen and oxygen atoms in total. The van der Waals surface area contributed by atoms with E-state index in [9.17, 15) is 22.0 Å². The Labute approximate surface area is 244 Å². The number of piperazine rings is 1. The minimum atomic E-state index is -4.18. The highest BCUT2D eigenvalue weighted by Crippen LogP contribution is 2.30. The maximum absolute atomic E-state index is 13.8. The molecule has 0 radical (unpaired) electrons. The summed E-state index contributed by atoms with van der Waals surface area (Å²) in [6.07, 6.45) is 2.59. The molecule has 1 amide bonds. The number of sulfonamides is 1. The molecule has 6 rings (SSSR count). The van der Waals surface area contributed by atoms with Gasteiger partial charge in [-0.05, 0) is 68.9 Å². The van der Waals surface area contributed by atoms with Crippen molar-refractivity contribution < 1.29 is 22.0 Å². The van der Waals surface area contributed by atoms with Crippen LogP contribution in [0.2, 0.25) is 0 Å². The normalized spacial score (nSPS) is 18.8. The first kappa shape index (κ1) is 28.7. The molecule has 2 fully saturated rings. The number of hydrogen-bond acceptors (Lipinski definition) is 7. The number of fused-ring (bicyclic) bond motifs is 1. The van der Waals surface area contributed by atoms with E-state index >= 15 is 0 Å². The van der Waals surface area contributed by atoms with Gasteiger partial charge in [0, 0.05) is 80.8 Å². The molecule has 3 aromatic rings. The van der Waals surface area contributed by atoms with E-state index in [1.807, 2.05) is 12.1 Å². The van der Waals surface area contributed by atoms with Gasteiger partial charge in [-0.1, -0.05) is 0 Å². The molecule has 2 aromatic carbocycles. The Hall–Kier alpha value is -3.39. The molecular weight excluding hydrogens is 564 g/mol. The van der Waals surface area contributed by atoms with Gasteiger partial charge in [-0.25, -0.2) is 17.2 Å². The number of amides is 1. The van der Waals surface area contributed by atoms with Crippen LogP contribution in [0.4, 0.5) is 20.3 Å². The number of hydrogen-bond donors (Lipinski definition) is 2. The summed E-state index contributed by atoms with van der Waals surface area (Å²) in [4.78, 5) is 20.2. The molecule has 4 heterocycles. The topological polar surface area (TPSA) is 105 Å². The minimum Gasteiger partial charge on any atom is -0.369 e. The molecule has 0 unspecified atom stereocenters. The van der Waals surface area contributed by atoms with E-state index in [1.54, 1.807) is 0 Å². The maximum Gasteiger partial charge on any atom is 0.257 e. The van der Waals surface area contributed by atoms with Crippen molar-refractivity contribution in [1.29, 1.82) is 0 Å². The molecule has 3 aliphatic heterocycles. The van der Waals surface area contributed by atoms with Crippen LogP contribution < -0.4 is 10.2 Å². The number of rotatable bonds is 7. The number of benzene rings is 2. The predicted molar refractivity (Wildman–Crippen MR) is 155 cm³/mol. The van der Waals surface area contributed by atoms with Gasteiger partial charge in [0.05, 0.1) is 4.90 Å². The third kappa shape index (κ3) is 5.91. The van der Waals surface area contributed by atoms with Gasteiger partial charge in [0.15, 0.2) is 5.82 Å². The van der Waals surface area contributed by atoms with Crippen LogP contribution >= 0.6 is 0 Å². The van der Waals surface area contributed by atoms with E-state index in [1.165, 1.54) is 0 Å². The van der Waals surface area contributed by atoms with E-state index in [0.717, 1.165) is 79.8 Å². The summed E-state index contributed by atoms with van der Waals surface area (Å²) in [7, 11) is -2.06. The van der Waals surface area contributed by atoms with Crippen LogP contribution in [-0.2, 0) is 29.5 Å². The lowest BCUT2D eigenvalue weighted by atomic mass is 10.0. The van der Waals surface area contributed by atoms with Gasteiger partial charge < -0.3 is 15.1 Å². The van der Waals surface area contributed by atoms with Crippen molar-refractivity contribution in [1.82, 2.24) is 24.3 Å². The Morgan fingerprint density at radius 2 is 1.69 bits per heavy atom. The second kappa shape index (κ2) is 11.7. The first-order valence-electron chi connectivity index (χ1n) is 14.3. The lowest BCUT2D eigenvalue weighted by Crippen LogP contribution is -2.44. The van der Waals surface area contributed by atoms with E-state index < -0.39 is 26.6 Å². The molecule has 1 aromatic heterocycles. The molecule has 13 heteroatoms. The van der Waals surface area contributed by atoms with Crippen LogP contribution in [0.25, 0.3) is 0 Å². The summed E-state index contributed by atoms with van der Waals surface area (Å²) in [6.45, 7) is 6.47. The van der Waals surface area contributed by atoms with Gasteiger partial charge >= 0.3 is 0 Å². The van der Waals surface area contributed by atoms with Crippen molar-refractivity contribution in [3.63, 3.8) is 0 Å². The molecule has 0 aliphatic carbocycles. The minimum absolute atomic E-state index is 0.0924. The van der Waals surface area contributed by atoms with Gasteiger partial charge in [0.1, 0.15) is 11.6 Å². The fourth-order valence-electron chi connectivity index (χ4n) is 5.96. The SMILES string of the molecule is CN1CCN(c2ccc(C(=O)Nc3n[nH]c4c3CN(S(=O)(=O)c3cc(F)cc(F)c3)CC4)c(CN3CCCC3)c2)CC1. The van der Waals surface area contributed by atoms with Gasteiger partial charge in [0.2, 0.25) is 10.0 Å². The summed E-state index contributed by atoms with van der Waals surface area (Å²) in [5, 5.41) is 10.1. The lowest BCUT2D eigenvalue weighted by Gasteiger charge is -2.34. The molecule has 42 heavy (non-hydrogen) atoms. The summed E-state index contributed by atoms with van der Waals surface area (Å²) < 4.78 is 55.2. The Kier molecular flexibility index (Phi) is 8.01. The fourth-order valence-corrected chi connectivity index (χ4v) is 7.41. The first-order chi connectivity index (χ1) is 20.2. The highest BCUT2D eigenvalue weighted by atomic mass is 32.2. The van der Waals surface area contributed by atoms with Crippen molar-refractivity contribution >= 4 is 27.4 Å². The van der Waals surface area contributed by atoms with E-state index in [-0.39, 0.29) is 24.8 Å². The zero-order valence-corrected chi connectivity index (χ0v) is 24.4. The molecule has 2 saturated heterocycles. The van der Waals surface area contributed by atoms with Crippen LogP contribution in [-0.4, -0.2) is 91.5 Å². The quantitative estimate of drug-likeness (QED) is 0.430. The predicted octanol–water partition coefficient (Wildman–Crippen LogP) is 3.03. The molecule has 3 aliphatic rings. The van der Waals surface area contributed by atoms with Crippen molar-refractivity contribution in [2.24, 2.45) is 0 Å². The van der Waals surface area contributed by atoms with Crippen molar-refractivity contribution in [3.8, 4) is 0 Å². The summed E-state index contributed by atoms with van der Waals surface area (Å²) in [6, 6.07) is 8.21. The number of H-pyrrole nitrogens is 1.